The van der Waals surface area contributed by atoms with E-state index in [0.717, 1.165) is 39.0 Å². The van der Waals surface area contributed by atoms with E-state index in [0.29, 0.717) is 26.1 Å². The van der Waals surface area contributed by atoms with E-state index in [4.69, 9.17) is 0 Å². The van der Waals surface area contributed by atoms with Crippen molar-refractivity contribution in [3.63, 3.8) is 0 Å². The number of ether oxygens (including phenoxy) is 1. The lowest BCUT2D eigenvalue weighted by Gasteiger charge is -2.37. The second-order valence-corrected chi connectivity index (χ2v) is 6.23. The van der Waals surface area contributed by atoms with Crippen LogP contribution >= 0.6 is 12.4 Å². The number of amides is 1. The molecule has 5 nitrogen and oxygen atoms in total. The van der Waals surface area contributed by atoms with Crippen molar-refractivity contribution >= 4 is 18.3 Å². The minimum Gasteiger partial charge on any atom is -0.372 e. The zero-order valence-electron chi connectivity index (χ0n) is 13.8. The average molecular weight is 374 g/mol. The second kappa shape index (κ2) is 10.4. The van der Waals surface area contributed by atoms with Crippen LogP contribution < -0.4 is 5.32 Å². The number of hydrogen-bond acceptors (Lipinski definition) is 4. The number of nitrogens with one attached hydrogen (secondary N) is 1. The zero-order valence-corrected chi connectivity index (χ0v) is 14.6. The summed E-state index contributed by atoms with van der Waals surface area (Å²) in [6, 6.07) is 0. The summed E-state index contributed by atoms with van der Waals surface area (Å²) in [5.74, 6) is 0.344. The number of carbonyl (C=O) groups is 1. The summed E-state index contributed by atoms with van der Waals surface area (Å²) in [6.45, 7) is 4.40. The Hall–Kier alpha value is -0.570. The van der Waals surface area contributed by atoms with Crippen LogP contribution in [0.4, 0.5) is 13.2 Å². The van der Waals surface area contributed by atoms with Crippen LogP contribution in [0.3, 0.4) is 0 Å². The Balaban J connectivity index is 0.00000288. The molecule has 2 aliphatic rings. The van der Waals surface area contributed by atoms with Gasteiger partial charge in [-0.25, -0.2) is 0 Å². The topological polar surface area (TPSA) is 44.8 Å². The van der Waals surface area contributed by atoms with Gasteiger partial charge < -0.3 is 15.0 Å². The fourth-order valence-electron chi connectivity index (χ4n) is 3.09. The highest BCUT2D eigenvalue weighted by Gasteiger charge is 2.29. The molecule has 1 atom stereocenters. The third-order valence-corrected chi connectivity index (χ3v) is 4.36. The standard InChI is InChI=1S/C15H26F3N3O2.ClH/c16-15(17,18)12-23-10-2-5-20-6-8-21(9-7-20)14(22)13-3-1-4-19-11-13;/h13,19H,1-12H2;1H. The molecule has 0 aliphatic carbocycles. The lowest BCUT2D eigenvalue weighted by molar-refractivity contribution is -0.174. The average Bonchev–Trinajstić information content (AvgIpc) is 2.54. The SMILES string of the molecule is Cl.O=C(C1CCCNC1)N1CCN(CCCOCC(F)(F)F)CC1. The smallest absolute Gasteiger partial charge is 0.372 e. The highest BCUT2D eigenvalue weighted by atomic mass is 35.5. The van der Waals surface area contributed by atoms with Crippen LogP contribution in [-0.4, -0.2) is 80.9 Å². The lowest BCUT2D eigenvalue weighted by Crippen LogP contribution is -2.52. The Morgan fingerprint density at radius 2 is 1.92 bits per heavy atom. The molecule has 2 aliphatic heterocycles. The van der Waals surface area contributed by atoms with Crippen LogP contribution in [-0.2, 0) is 9.53 Å². The van der Waals surface area contributed by atoms with Crippen LogP contribution in [0.25, 0.3) is 0 Å². The molecule has 0 aromatic carbocycles. The third kappa shape index (κ3) is 7.55. The minimum absolute atomic E-state index is 0. The van der Waals surface area contributed by atoms with E-state index < -0.39 is 12.8 Å². The third-order valence-electron chi connectivity index (χ3n) is 4.36. The minimum atomic E-state index is -4.25. The summed E-state index contributed by atoms with van der Waals surface area (Å²) >= 11 is 0. The highest BCUT2D eigenvalue weighted by molar-refractivity contribution is 5.85. The molecule has 0 aromatic rings. The van der Waals surface area contributed by atoms with Gasteiger partial charge in [-0.15, -0.1) is 12.4 Å². The van der Waals surface area contributed by atoms with E-state index in [2.05, 4.69) is 15.0 Å². The van der Waals surface area contributed by atoms with Gasteiger partial charge in [0.15, 0.2) is 0 Å². The van der Waals surface area contributed by atoms with E-state index in [1.807, 2.05) is 4.90 Å². The van der Waals surface area contributed by atoms with E-state index in [-0.39, 0.29) is 30.8 Å². The van der Waals surface area contributed by atoms with Gasteiger partial charge in [0.25, 0.3) is 0 Å². The summed E-state index contributed by atoms with van der Waals surface area (Å²) < 4.78 is 40.4. The first-order valence-electron chi connectivity index (χ1n) is 8.32. The van der Waals surface area contributed by atoms with Crippen molar-refractivity contribution in [2.45, 2.75) is 25.4 Å². The molecule has 1 N–H and O–H groups in total. The molecule has 2 fully saturated rings. The number of piperazine rings is 1. The maximum atomic E-state index is 12.4. The number of halogens is 4. The number of hydrogen-bond donors (Lipinski definition) is 1. The molecule has 0 bridgehead atoms. The number of nitrogens with zero attached hydrogens (tertiary/aromatic N) is 2. The predicted molar refractivity (Wildman–Crippen MR) is 87.4 cm³/mol. The van der Waals surface area contributed by atoms with Gasteiger partial charge in [-0.05, 0) is 25.8 Å². The fourth-order valence-corrected chi connectivity index (χ4v) is 3.09. The number of piperidine rings is 1. The number of carbonyl (C=O) groups excluding carboxylic acids is 1. The van der Waals surface area contributed by atoms with Crippen molar-refractivity contribution in [3.05, 3.63) is 0 Å². The van der Waals surface area contributed by atoms with Crippen molar-refractivity contribution in [2.24, 2.45) is 5.92 Å². The summed E-state index contributed by atoms with van der Waals surface area (Å²) in [4.78, 5) is 16.5. The Morgan fingerprint density at radius 3 is 2.50 bits per heavy atom. The molecule has 1 unspecified atom stereocenters. The first-order chi connectivity index (χ1) is 11.0. The van der Waals surface area contributed by atoms with E-state index in [1.165, 1.54) is 0 Å². The van der Waals surface area contributed by atoms with Crippen LogP contribution in [0.5, 0.6) is 0 Å². The molecule has 142 valence electrons. The Bertz CT molecular complexity index is 371. The summed E-state index contributed by atoms with van der Waals surface area (Å²) in [5.41, 5.74) is 0. The number of alkyl halides is 3. The molecule has 0 spiro atoms. The molecule has 1 amide bonds. The molecule has 2 rings (SSSR count). The van der Waals surface area contributed by atoms with Gasteiger partial charge in [0.2, 0.25) is 5.91 Å². The van der Waals surface area contributed by atoms with Gasteiger partial charge in [0.05, 0.1) is 5.92 Å². The molecule has 2 saturated heterocycles. The molecule has 2 heterocycles. The maximum Gasteiger partial charge on any atom is 0.411 e. The van der Waals surface area contributed by atoms with Crippen LogP contribution in [0, 0.1) is 5.92 Å². The summed E-state index contributed by atoms with van der Waals surface area (Å²) in [6.07, 6.45) is -1.66. The molecule has 24 heavy (non-hydrogen) atoms. The van der Waals surface area contributed by atoms with Gasteiger partial charge >= 0.3 is 6.18 Å². The first-order valence-corrected chi connectivity index (χ1v) is 8.32. The summed E-state index contributed by atoms with van der Waals surface area (Å²) in [7, 11) is 0. The van der Waals surface area contributed by atoms with Gasteiger partial charge in [-0.3, -0.25) is 9.69 Å². The van der Waals surface area contributed by atoms with Gasteiger partial charge in [-0.2, -0.15) is 13.2 Å². The molecular formula is C15H27ClF3N3O2. The molecule has 0 aromatic heterocycles. The molecule has 9 heteroatoms. The largest absolute Gasteiger partial charge is 0.411 e. The van der Waals surface area contributed by atoms with E-state index in [1.54, 1.807) is 0 Å². The van der Waals surface area contributed by atoms with Gasteiger partial charge in [0.1, 0.15) is 6.61 Å². The fraction of sp³-hybridized carbons (Fsp3) is 0.933. The van der Waals surface area contributed by atoms with E-state index in [9.17, 15) is 18.0 Å². The van der Waals surface area contributed by atoms with Crippen molar-refractivity contribution < 1.29 is 22.7 Å². The van der Waals surface area contributed by atoms with Crippen molar-refractivity contribution in [2.75, 3.05) is 59.0 Å². The van der Waals surface area contributed by atoms with E-state index >= 15 is 0 Å². The van der Waals surface area contributed by atoms with Crippen molar-refractivity contribution in [1.82, 2.24) is 15.1 Å². The summed E-state index contributed by atoms with van der Waals surface area (Å²) in [5, 5.41) is 3.26. The van der Waals surface area contributed by atoms with Gasteiger partial charge in [-0.1, -0.05) is 0 Å². The van der Waals surface area contributed by atoms with Crippen LogP contribution in [0.15, 0.2) is 0 Å². The maximum absolute atomic E-state index is 12.4. The van der Waals surface area contributed by atoms with Crippen molar-refractivity contribution in [1.29, 1.82) is 0 Å². The van der Waals surface area contributed by atoms with Crippen LogP contribution in [0.1, 0.15) is 19.3 Å². The predicted octanol–water partition coefficient (Wildman–Crippen LogP) is 1.52. The molecule has 0 radical (unpaired) electrons. The van der Waals surface area contributed by atoms with Crippen molar-refractivity contribution in [3.8, 4) is 0 Å². The number of rotatable bonds is 6. The molecular weight excluding hydrogens is 347 g/mol. The lowest BCUT2D eigenvalue weighted by atomic mass is 9.98. The first kappa shape index (κ1) is 21.5. The zero-order chi connectivity index (χ0) is 16.7. The molecule has 0 saturated carbocycles. The quantitative estimate of drug-likeness (QED) is 0.717. The Kier molecular flexibility index (Phi) is 9.33. The second-order valence-electron chi connectivity index (χ2n) is 6.23. The van der Waals surface area contributed by atoms with Gasteiger partial charge in [0, 0.05) is 45.9 Å². The monoisotopic (exact) mass is 373 g/mol. The Morgan fingerprint density at radius 1 is 1.21 bits per heavy atom. The van der Waals surface area contributed by atoms with Crippen LogP contribution in [0.2, 0.25) is 0 Å². The Labute approximate surface area is 147 Å². The normalized spacial score (nSPS) is 23.0. The highest BCUT2D eigenvalue weighted by Crippen LogP contribution is 2.16.